The Bertz CT molecular complexity index is 1730. The van der Waals surface area contributed by atoms with Gasteiger partial charge in [0, 0.05) is 6.20 Å². The van der Waals surface area contributed by atoms with Gasteiger partial charge in [0.15, 0.2) is 22.9 Å². The number of anilines is 4. The molecule has 3 N–H and O–H groups in total. The fraction of sp³-hybridized carbons (Fsp3) is 0.190. The van der Waals surface area contributed by atoms with E-state index in [2.05, 4.69) is 87.9 Å². The molecular formula is C21H20Br2N14O2. The van der Waals surface area contributed by atoms with Crippen LogP contribution in [0, 0.1) is 0 Å². The van der Waals surface area contributed by atoms with Crippen LogP contribution in [0.25, 0.3) is 11.3 Å². The first-order chi connectivity index (χ1) is 18.6. The third kappa shape index (κ3) is 6.34. The van der Waals surface area contributed by atoms with Crippen LogP contribution in [0.4, 0.5) is 27.8 Å². The van der Waals surface area contributed by atoms with Crippen molar-refractivity contribution in [2.75, 3.05) is 10.6 Å². The zero-order valence-corrected chi connectivity index (χ0v) is 23.8. The Morgan fingerprint density at radius 3 is 2.00 bits per heavy atom. The summed E-state index contributed by atoms with van der Waals surface area (Å²) in [5.74, 6) is 1.11. The van der Waals surface area contributed by atoms with Gasteiger partial charge in [-0.2, -0.15) is 25.1 Å². The van der Waals surface area contributed by atoms with Crippen LogP contribution in [-0.2, 0) is 4.74 Å². The molecule has 200 valence electrons. The molecule has 6 aromatic rings. The number of halogens is 2. The molecule has 0 amide bonds. The summed E-state index contributed by atoms with van der Waals surface area (Å²) in [7, 11) is 0. The van der Waals surface area contributed by atoms with Gasteiger partial charge in [-0.25, -0.2) is 33.8 Å². The molecule has 16 nitrogen and oxygen atoms in total. The summed E-state index contributed by atoms with van der Waals surface area (Å²) in [6.45, 7) is 5.38. The fourth-order valence-corrected chi connectivity index (χ4v) is 3.90. The third-order valence-corrected chi connectivity index (χ3v) is 5.42. The lowest BCUT2D eigenvalue weighted by Gasteiger charge is -2.18. The second-order valence-corrected chi connectivity index (χ2v) is 10.4. The SMILES string of the molecule is Brc1cn2ncnc2c(Nc2cn[nH]c2)n1.CC(C)(C)OC(=O)n1cc(Nc2nc(Br)cn3ncnc23)cn1. The lowest BCUT2D eigenvalue weighted by molar-refractivity contribution is 0.0514. The van der Waals surface area contributed by atoms with Crippen LogP contribution in [0.3, 0.4) is 0 Å². The van der Waals surface area contributed by atoms with E-state index in [1.165, 1.54) is 25.0 Å². The van der Waals surface area contributed by atoms with Crippen molar-refractivity contribution in [2.45, 2.75) is 26.4 Å². The molecule has 0 atom stereocenters. The van der Waals surface area contributed by atoms with Crippen LogP contribution in [0.2, 0.25) is 0 Å². The topological polar surface area (TPSA) is 183 Å². The third-order valence-electron chi connectivity index (χ3n) is 4.65. The van der Waals surface area contributed by atoms with Crippen LogP contribution in [0.1, 0.15) is 20.8 Å². The zero-order valence-electron chi connectivity index (χ0n) is 20.6. The summed E-state index contributed by atoms with van der Waals surface area (Å²) in [5.41, 5.74) is 2.01. The number of H-pyrrole nitrogens is 1. The number of hydrogen-bond donors (Lipinski definition) is 3. The summed E-state index contributed by atoms with van der Waals surface area (Å²) in [6, 6.07) is 0. The number of aromatic nitrogens is 12. The van der Waals surface area contributed by atoms with Gasteiger partial charge in [-0.05, 0) is 52.6 Å². The molecule has 6 heterocycles. The van der Waals surface area contributed by atoms with Gasteiger partial charge in [-0.15, -0.1) is 0 Å². The Kier molecular flexibility index (Phi) is 7.20. The second kappa shape index (κ2) is 10.7. The highest BCUT2D eigenvalue weighted by Gasteiger charge is 2.19. The normalized spacial score (nSPS) is 11.3. The first kappa shape index (κ1) is 26.2. The fourth-order valence-electron chi connectivity index (χ4n) is 3.16. The van der Waals surface area contributed by atoms with E-state index < -0.39 is 11.7 Å². The summed E-state index contributed by atoms with van der Waals surface area (Å²) in [6.07, 6.45) is 12.2. The van der Waals surface area contributed by atoms with Crippen molar-refractivity contribution in [3.8, 4) is 0 Å². The van der Waals surface area contributed by atoms with Crippen molar-refractivity contribution < 1.29 is 9.53 Å². The molecule has 0 spiro atoms. The molecule has 0 aliphatic heterocycles. The number of ether oxygens (including phenoxy) is 1. The molecule has 0 saturated heterocycles. The smallest absolute Gasteiger partial charge is 0.435 e. The Labute approximate surface area is 236 Å². The number of carbonyl (C=O) groups excluding carboxylic acids is 1. The number of rotatable bonds is 4. The van der Waals surface area contributed by atoms with Crippen molar-refractivity contribution in [1.82, 2.24) is 59.1 Å². The molecule has 0 aromatic carbocycles. The summed E-state index contributed by atoms with van der Waals surface area (Å²) < 4.78 is 10.9. The molecule has 39 heavy (non-hydrogen) atoms. The van der Waals surface area contributed by atoms with Gasteiger partial charge in [0.2, 0.25) is 0 Å². The lowest BCUT2D eigenvalue weighted by atomic mass is 10.2. The minimum Gasteiger partial charge on any atom is -0.442 e. The van der Waals surface area contributed by atoms with E-state index in [0.717, 1.165) is 10.4 Å². The van der Waals surface area contributed by atoms with Gasteiger partial charge in [0.25, 0.3) is 0 Å². The summed E-state index contributed by atoms with van der Waals surface area (Å²) >= 11 is 6.62. The van der Waals surface area contributed by atoms with Gasteiger partial charge in [-0.1, -0.05) is 0 Å². The van der Waals surface area contributed by atoms with Gasteiger partial charge in [0.1, 0.15) is 27.5 Å². The van der Waals surface area contributed by atoms with Crippen molar-refractivity contribution in [3.05, 3.63) is 59.0 Å². The molecule has 0 fully saturated rings. The molecule has 0 saturated carbocycles. The van der Waals surface area contributed by atoms with E-state index in [1.54, 1.807) is 54.6 Å². The largest absolute Gasteiger partial charge is 0.442 e. The van der Waals surface area contributed by atoms with E-state index in [0.29, 0.717) is 37.8 Å². The molecular weight excluding hydrogens is 640 g/mol. The van der Waals surface area contributed by atoms with Crippen LogP contribution in [-0.4, -0.2) is 70.8 Å². The maximum Gasteiger partial charge on any atom is 0.435 e. The molecule has 0 unspecified atom stereocenters. The van der Waals surface area contributed by atoms with E-state index in [1.807, 2.05) is 0 Å². The van der Waals surface area contributed by atoms with E-state index in [-0.39, 0.29) is 0 Å². The number of hydrogen-bond acceptors (Lipinski definition) is 12. The van der Waals surface area contributed by atoms with Crippen molar-refractivity contribution in [3.63, 3.8) is 0 Å². The predicted octanol–water partition coefficient (Wildman–Crippen LogP) is 3.96. The summed E-state index contributed by atoms with van der Waals surface area (Å²) in [5, 5.41) is 24.8. The number of aromatic amines is 1. The minimum atomic E-state index is -0.587. The molecule has 0 bridgehead atoms. The number of fused-ring (bicyclic) bond motifs is 2. The second-order valence-electron chi connectivity index (χ2n) is 8.77. The number of carbonyl (C=O) groups is 1. The highest BCUT2D eigenvalue weighted by atomic mass is 79.9. The van der Waals surface area contributed by atoms with Crippen molar-refractivity contribution >= 4 is 72.3 Å². The van der Waals surface area contributed by atoms with Crippen LogP contribution < -0.4 is 10.6 Å². The number of nitrogens with zero attached hydrogens (tertiary/aromatic N) is 11. The molecule has 0 aliphatic carbocycles. The quantitative estimate of drug-likeness (QED) is 0.248. The van der Waals surface area contributed by atoms with Gasteiger partial charge >= 0.3 is 6.09 Å². The molecule has 0 radical (unpaired) electrons. The molecule has 18 heteroatoms. The van der Waals surface area contributed by atoms with Crippen LogP contribution >= 0.6 is 31.9 Å². The summed E-state index contributed by atoms with van der Waals surface area (Å²) in [4.78, 5) is 28.8. The van der Waals surface area contributed by atoms with Crippen LogP contribution in [0.5, 0.6) is 0 Å². The maximum absolute atomic E-state index is 12.0. The van der Waals surface area contributed by atoms with Crippen molar-refractivity contribution in [1.29, 1.82) is 0 Å². The highest BCUT2D eigenvalue weighted by Crippen LogP contribution is 2.21. The Morgan fingerprint density at radius 1 is 0.872 bits per heavy atom. The van der Waals surface area contributed by atoms with E-state index in [9.17, 15) is 4.79 Å². The number of nitrogens with one attached hydrogen (secondary N) is 3. The molecule has 0 aliphatic rings. The standard InChI is InChI=1S/C13H14BrN7O2.C8H6BrN7/c1-13(2,3)23-12(22)21-5-8(4-16-21)18-10-11-15-7-17-20(11)6-9(14)19-10;9-6-3-16-8(10-4-13-16)7(15-6)14-5-1-11-12-2-5/h4-7H,1-3H3,(H,18,19);1-4H,(H,11,12)(H,14,15). The van der Waals surface area contributed by atoms with E-state index in [4.69, 9.17) is 4.74 Å². The Balaban J connectivity index is 0.000000168. The first-order valence-corrected chi connectivity index (χ1v) is 12.8. The van der Waals surface area contributed by atoms with Gasteiger partial charge in [0.05, 0.1) is 42.4 Å². The average Bonchev–Trinajstić information content (AvgIpc) is 3.65. The van der Waals surface area contributed by atoms with Gasteiger partial charge in [-0.3, -0.25) is 5.10 Å². The molecule has 6 aromatic heterocycles. The molecule has 6 rings (SSSR count). The first-order valence-electron chi connectivity index (χ1n) is 11.2. The predicted molar refractivity (Wildman–Crippen MR) is 146 cm³/mol. The van der Waals surface area contributed by atoms with Crippen LogP contribution in [0.15, 0.2) is 59.0 Å². The minimum absolute atomic E-state index is 0.487. The Hall–Kier alpha value is -4.45. The average molecular weight is 660 g/mol. The zero-order chi connectivity index (χ0) is 27.6. The lowest BCUT2D eigenvalue weighted by Crippen LogP contribution is -2.27. The maximum atomic E-state index is 12.0. The van der Waals surface area contributed by atoms with Crippen molar-refractivity contribution in [2.24, 2.45) is 0 Å². The monoisotopic (exact) mass is 658 g/mol. The Morgan fingerprint density at radius 2 is 1.46 bits per heavy atom. The van der Waals surface area contributed by atoms with Gasteiger partial charge < -0.3 is 15.4 Å². The van der Waals surface area contributed by atoms with E-state index >= 15 is 0 Å². The highest BCUT2D eigenvalue weighted by molar-refractivity contribution is 9.10.